The van der Waals surface area contributed by atoms with Crippen LogP contribution < -0.4 is 5.32 Å². The molecule has 0 saturated heterocycles. The number of hydrogen-bond acceptors (Lipinski definition) is 2. The highest BCUT2D eigenvalue weighted by Gasteiger charge is 2.16. The largest absolute Gasteiger partial charge is 0.481 e. The number of aliphatic carboxylic acids is 1. The van der Waals surface area contributed by atoms with Crippen molar-refractivity contribution in [1.29, 1.82) is 0 Å². The minimum atomic E-state index is -0.826. The molecule has 1 aromatic rings. The summed E-state index contributed by atoms with van der Waals surface area (Å²) in [5.74, 6) is -0.636. The van der Waals surface area contributed by atoms with Crippen LogP contribution in [0.15, 0.2) is 22.7 Å². The van der Waals surface area contributed by atoms with Gasteiger partial charge in [-0.3, -0.25) is 9.59 Å². The fraction of sp³-hybridized carbons (Fsp3) is 0.500. The highest BCUT2D eigenvalue weighted by atomic mass is 79.9. The van der Waals surface area contributed by atoms with Gasteiger partial charge in [0.2, 0.25) is 0 Å². The number of nitrogens with one attached hydrogen (secondary N) is 1. The Balaban J connectivity index is 2.63. The Morgan fingerprint density at radius 3 is 2.52 bits per heavy atom. The fourth-order valence-electron chi connectivity index (χ4n) is 2.23. The zero-order valence-electron chi connectivity index (χ0n) is 12.6. The quantitative estimate of drug-likeness (QED) is 0.784. The van der Waals surface area contributed by atoms with Gasteiger partial charge in [0.15, 0.2) is 0 Å². The van der Waals surface area contributed by atoms with E-state index in [1.165, 1.54) is 0 Å². The van der Waals surface area contributed by atoms with Gasteiger partial charge in [0, 0.05) is 23.0 Å². The third-order valence-electron chi connectivity index (χ3n) is 3.25. The van der Waals surface area contributed by atoms with E-state index in [2.05, 4.69) is 21.2 Å². The molecule has 0 saturated carbocycles. The normalized spacial score (nSPS) is 12.2. The molecule has 1 aromatic carbocycles. The molecule has 0 aromatic heterocycles. The highest BCUT2D eigenvalue weighted by molar-refractivity contribution is 9.10. The van der Waals surface area contributed by atoms with Crippen molar-refractivity contribution in [2.75, 3.05) is 6.54 Å². The van der Waals surface area contributed by atoms with Gasteiger partial charge < -0.3 is 10.4 Å². The number of carboxylic acids is 1. The average Bonchev–Trinajstić information content (AvgIpc) is 2.37. The number of carbonyl (C=O) groups is 2. The van der Waals surface area contributed by atoms with Gasteiger partial charge in [-0.1, -0.05) is 35.8 Å². The van der Waals surface area contributed by atoms with Crippen LogP contribution in [0.1, 0.15) is 42.6 Å². The summed E-state index contributed by atoms with van der Waals surface area (Å²) < 4.78 is 0.888. The molecular formula is C16H22BrNO3. The van der Waals surface area contributed by atoms with E-state index in [0.29, 0.717) is 18.0 Å². The molecule has 0 aliphatic carbocycles. The van der Waals surface area contributed by atoms with Crippen molar-refractivity contribution in [3.05, 3.63) is 33.8 Å². The van der Waals surface area contributed by atoms with E-state index >= 15 is 0 Å². The molecule has 21 heavy (non-hydrogen) atoms. The van der Waals surface area contributed by atoms with Crippen molar-refractivity contribution in [3.8, 4) is 0 Å². The lowest BCUT2D eigenvalue weighted by atomic mass is 9.94. The van der Waals surface area contributed by atoms with Crippen LogP contribution in [0.4, 0.5) is 0 Å². The second-order valence-corrected chi connectivity index (χ2v) is 6.62. The molecule has 1 unspecified atom stereocenters. The summed E-state index contributed by atoms with van der Waals surface area (Å²) in [5, 5.41) is 11.8. The molecule has 0 aliphatic heterocycles. The van der Waals surface area contributed by atoms with E-state index in [1.54, 1.807) is 12.1 Å². The van der Waals surface area contributed by atoms with Gasteiger partial charge in [-0.2, -0.15) is 0 Å². The molecule has 0 radical (unpaired) electrons. The summed E-state index contributed by atoms with van der Waals surface area (Å²) in [6, 6.07) is 5.42. The Kier molecular flexibility index (Phi) is 6.89. The second kappa shape index (κ2) is 8.17. The van der Waals surface area contributed by atoms with Gasteiger partial charge in [0.1, 0.15) is 0 Å². The first-order valence-corrected chi connectivity index (χ1v) is 7.85. The number of amides is 1. The van der Waals surface area contributed by atoms with Gasteiger partial charge in [-0.25, -0.2) is 0 Å². The third-order valence-corrected chi connectivity index (χ3v) is 4.11. The molecule has 1 rings (SSSR count). The minimum Gasteiger partial charge on any atom is -0.481 e. The topological polar surface area (TPSA) is 66.4 Å². The first-order chi connectivity index (χ1) is 9.79. The summed E-state index contributed by atoms with van der Waals surface area (Å²) in [6.45, 7) is 6.44. The SMILES string of the molecule is Cc1ccc(C(=O)NCC(CC(=O)O)CC(C)C)cc1Br. The molecule has 4 nitrogen and oxygen atoms in total. The summed E-state index contributed by atoms with van der Waals surface area (Å²) >= 11 is 3.40. The van der Waals surface area contributed by atoms with Gasteiger partial charge in [0.25, 0.3) is 5.91 Å². The van der Waals surface area contributed by atoms with E-state index in [9.17, 15) is 9.59 Å². The summed E-state index contributed by atoms with van der Waals surface area (Å²) in [4.78, 5) is 23.0. The Labute approximate surface area is 134 Å². The van der Waals surface area contributed by atoms with Gasteiger partial charge in [-0.15, -0.1) is 0 Å². The zero-order chi connectivity index (χ0) is 16.0. The molecule has 0 bridgehead atoms. The Morgan fingerprint density at radius 1 is 1.33 bits per heavy atom. The Hall–Kier alpha value is -1.36. The van der Waals surface area contributed by atoms with Gasteiger partial charge >= 0.3 is 5.97 Å². The number of rotatable bonds is 7. The first kappa shape index (κ1) is 17.7. The maximum Gasteiger partial charge on any atom is 0.303 e. The standard InChI is InChI=1S/C16H22BrNO3/c1-10(2)6-12(7-15(19)20)9-18-16(21)13-5-4-11(3)14(17)8-13/h4-5,8,10,12H,6-7,9H2,1-3H3,(H,18,21)(H,19,20). The molecule has 116 valence electrons. The Morgan fingerprint density at radius 2 is 2.00 bits per heavy atom. The molecule has 0 aliphatic rings. The van der Waals surface area contributed by atoms with Crippen molar-refractivity contribution in [2.45, 2.75) is 33.6 Å². The lowest BCUT2D eigenvalue weighted by molar-refractivity contribution is -0.138. The maximum atomic E-state index is 12.1. The van der Waals surface area contributed by atoms with Crippen molar-refractivity contribution >= 4 is 27.8 Å². The van der Waals surface area contributed by atoms with Crippen molar-refractivity contribution < 1.29 is 14.7 Å². The lowest BCUT2D eigenvalue weighted by Gasteiger charge is -2.18. The molecular weight excluding hydrogens is 334 g/mol. The summed E-state index contributed by atoms with van der Waals surface area (Å²) in [5.41, 5.74) is 1.64. The fourth-order valence-corrected chi connectivity index (χ4v) is 2.60. The molecule has 2 N–H and O–H groups in total. The summed E-state index contributed by atoms with van der Waals surface area (Å²) in [6.07, 6.45) is 0.861. The van der Waals surface area contributed by atoms with Crippen molar-refractivity contribution in [3.63, 3.8) is 0 Å². The zero-order valence-corrected chi connectivity index (χ0v) is 14.2. The minimum absolute atomic E-state index is 0.0414. The van der Waals surface area contributed by atoms with Crippen LogP contribution in [0.25, 0.3) is 0 Å². The molecule has 1 amide bonds. The second-order valence-electron chi connectivity index (χ2n) is 5.77. The number of carbonyl (C=O) groups excluding carboxylic acids is 1. The molecule has 0 heterocycles. The average molecular weight is 356 g/mol. The molecule has 5 heteroatoms. The van der Waals surface area contributed by atoms with Gasteiger partial charge in [-0.05, 0) is 42.9 Å². The number of benzene rings is 1. The van der Waals surface area contributed by atoms with Crippen LogP contribution in [0.2, 0.25) is 0 Å². The van der Waals surface area contributed by atoms with Crippen LogP contribution in [0.5, 0.6) is 0 Å². The van der Waals surface area contributed by atoms with Crippen LogP contribution in [0.3, 0.4) is 0 Å². The predicted octanol–water partition coefficient (Wildman–Crippen LogP) is 3.62. The van der Waals surface area contributed by atoms with E-state index in [1.807, 2.05) is 26.8 Å². The van der Waals surface area contributed by atoms with Crippen LogP contribution in [-0.4, -0.2) is 23.5 Å². The summed E-state index contributed by atoms with van der Waals surface area (Å²) in [7, 11) is 0. The lowest BCUT2D eigenvalue weighted by Crippen LogP contribution is -2.31. The van der Waals surface area contributed by atoms with Crippen LogP contribution in [-0.2, 0) is 4.79 Å². The van der Waals surface area contributed by atoms with Gasteiger partial charge in [0.05, 0.1) is 0 Å². The van der Waals surface area contributed by atoms with Crippen LogP contribution in [0, 0.1) is 18.8 Å². The number of hydrogen-bond donors (Lipinski definition) is 2. The van der Waals surface area contributed by atoms with E-state index in [0.717, 1.165) is 16.5 Å². The molecule has 0 fully saturated rings. The van der Waals surface area contributed by atoms with Crippen molar-refractivity contribution in [1.82, 2.24) is 5.32 Å². The Bertz CT molecular complexity index is 514. The first-order valence-electron chi connectivity index (χ1n) is 7.05. The molecule has 1 atom stereocenters. The number of aryl methyl sites for hydroxylation is 1. The number of carboxylic acid groups (broad SMARTS) is 1. The van der Waals surface area contributed by atoms with E-state index < -0.39 is 5.97 Å². The number of halogens is 1. The van der Waals surface area contributed by atoms with E-state index in [4.69, 9.17) is 5.11 Å². The monoisotopic (exact) mass is 355 g/mol. The van der Waals surface area contributed by atoms with Crippen molar-refractivity contribution in [2.24, 2.45) is 11.8 Å². The third kappa shape index (κ3) is 6.29. The highest BCUT2D eigenvalue weighted by Crippen LogP contribution is 2.18. The smallest absolute Gasteiger partial charge is 0.303 e. The predicted molar refractivity (Wildman–Crippen MR) is 86.4 cm³/mol. The molecule has 0 spiro atoms. The van der Waals surface area contributed by atoms with Crippen LogP contribution >= 0.6 is 15.9 Å². The van der Waals surface area contributed by atoms with E-state index in [-0.39, 0.29) is 18.2 Å². The maximum absolute atomic E-state index is 12.1.